The molecule has 0 spiro atoms. The normalized spacial score (nSPS) is 17.3. The van der Waals surface area contributed by atoms with Gasteiger partial charge in [0.1, 0.15) is 11.0 Å². The van der Waals surface area contributed by atoms with E-state index in [2.05, 4.69) is 21.7 Å². The summed E-state index contributed by atoms with van der Waals surface area (Å²) in [7, 11) is 0. The summed E-state index contributed by atoms with van der Waals surface area (Å²) in [5.41, 5.74) is 3.69. The lowest BCUT2D eigenvalue weighted by molar-refractivity contribution is -0.122. The number of benzene rings is 2. The van der Waals surface area contributed by atoms with Crippen LogP contribution in [0.5, 0.6) is 5.75 Å². The number of carbonyl (C=O) groups is 2. The Bertz CT molecular complexity index is 905. The summed E-state index contributed by atoms with van der Waals surface area (Å²) in [6.45, 7) is 6.72. The van der Waals surface area contributed by atoms with E-state index >= 15 is 0 Å². The van der Waals surface area contributed by atoms with Crippen molar-refractivity contribution < 1.29 is 14.3 Å². The molecule has 0 aliphatic carbocycles. The predicted octanol–water partition coefficient (Wildman–Crippen LogP) is 4.34. The number of hydrogen-bond donors (Lipinski definition) is 2. The molecule has 1 aliphatic heterocycles. The molecule has 2 N–H and O–H groups in total. The van der Waals surface area contributed by atoms with Gasteiger partial charge in [0.2, 0.25) is 11.8 Å². The van der Waals surface area contributed by atoms with Gasteiger partial charge in [0.15, 0.2) is 5.17 Å². The van der Waals surface area contributed by atoms with Crippen LogP contribution in [-0.4, -0.2) is 28.8 Å². The van der Waals surface area contributed by atoms with E-state index in [0.717, 1.165) is 29.0 Å². The zero-order valence-corrected chi connectivity index (χ0v) is 17.6. The average molecular weight is 412 g/mol. The second kappa shape index (κ2) is 9.60. The van der Waals surface area contributed by atoms with Gasteiger partial charge in [-0.1, -0.05) is 24.8 Å². The van der Waals surface area contributed by atoms with Gasteiger partial charge in [-0.15, -0.1) is 0 Å². The van der Waals surface area contributed by atoms with Crippen LogP contribution < -0.4 is 15.4 Å². The van der Waals surface area contributed by atoms with Crippen LogP contribution in [0.25, 0.3) is 0 Å². The minimum Gasteiger partial charge on any atom is -0.494 e. The summed E-state index contributed by atoms with van der Waals surface area (Å²) in [5, 5.41) is 5.62. The number of amidine groups is 1. The van der Waals surface area contributed by atoms with Crippen molar-refractivity contribution in [2.75, 3.05) is 11.9 Å². The first kappa shape index (κ1) is 20.9. The Balaban J connectivity index is 1.56. The summed E-state index contributed by atoms with van der Waals surface area (Å²) in [6, 6.07) is 13.2. The zero-order valence-electron chi connectivity index (χ0n) is 16.8. The zero-order chi connectivity index (χ0) is 20.8. The van der Waals surface area contributed by atoms with Crippen molar-refractivity contribution in [1.29, 1.82) is 0 Å². The van der Waals surface area contributed by atoms with Gasteiger partial charge in [-0.2, -0.15) is 0 Å². The molecule has 1 atom stereocenters. The van der Waals surface area contributed by atoms with E-state index < -0.39 is 5.25 Å². The summed E-state index contributed by atoms with van der Waals surface area (Å²) in [5.74, 6) is 0.354. The molecule has 2 aromatic carbocycles. The van der Waals surface area contributed by atoms with Gasteiger partial charge in [-0.25, -0.2) is 4.99 Å². The highest BCUT2D eigenvalue weighted by Gasteiger charge is 2.32. The minimum absolute atomic E-state index is 0.0798. The van der Waals surface area contributed by atoms with Crippen LogP contribution in [0.3, 0.4) is 0 Å². The number of carbonyl (C=O) groups excluding carboxylic acids is 2. The summed E-state index contributed by atoms with van der Waals surface area (Å²) in [4.78, 5) is 29.1. The number of aryl methyl sites for hydroxylation is 2. The van der Waals surface area contributed by atoms with Crippen molar-refractivity contribution in [2.24, 2.45) is 4.99 Å². The van der Waals surface area contributed by atoms with E-state index in [9.17, 15) is 9.59 Å². The number of hydrogen-bond acceptors (Lipinski definition) is 5. The molecule has 0 unspecified atom stereocenters. The monoisotopic (exact) mass is 411 g/mol. The van der Waals surface area contributed by atoms with Crippen LogP contribution in [-0.2, 0) is 9.59 Å². The fourth-order valence-electron chi connectivity index (χ4n) is 2.96. The van der Waals surface area contributed by atoms with Crippen molar-refractivity contribution in [3.8, 4) is 5.75 Å². The van der Waals surface area contributed by atoms with E-state index in [1.807, 2.05) is 45.0 Å². The second-order valence-electron chi connectivity index (χ2n) is 6.98. The van der Waals surface area contributed by atoms with E-state index in [-0.39, 0.29) is 18.2 Å². The molecule has 1 aliphatic rings. The highest BCUT2D eigenvalue weighted by Crippen LogP contribution is 2.26. The van der Waals surface area contributed by atoms with Gasteiger partial charge in [-0.3, -0.25) is 9.59 Å². The first-order valence-corrected chi connectivity index (χ1v) is 10.5. The number of ether oxygens (including phenoxy) is 1. The second-order valence-corrected chi connectivity index (χ2v) is 8.18. The molecule has 0 radical (unpaired) electrons. The maximum atomic E-state index is 12.3. The van der Waals surface area contributed by atoms with Gasteiger partial charge >= 0.3 is 0 Å². The molecule has 29 heavy (non-hydrogen) atoms. The SMILES string of the molecule is CCCOc1ccc(NC(=O)C[C@@H]2SC(=Nc3cc(C)cc(C)c3)NC2=O)cc1. The smallest absolute Gasteiger partial charge is 0.240 e. The topological polar surface area (TPSA) is 79.8 Å². The third-order valence-corrected chi connectivity index (χ3v) is 5.28. The highest BCUT2D eigenvalue weighted by atomic mass is 32.2. The summed E-state index contributed by atoms with van der Waals surface area (Å²) in [6.07, 6.45) is 1.02. The largest absolute Gasteiger partial charge is 0.494 e. The standard InChI is InChI=1S/C22H25N3O3S/c1-4-9-28-18-7-5-16(6-8-18)23-20(26)13-19-21(27)25-22(29-19)24-17-11-14(2)10-15(3)12-17/h5-8,10-12,19H,4,9,13H2,1-3H3,(H,23,26)(H,24,25,27)/t19-/m0/s1. The van der Waals surface area contributed by atoms with Crippen LogP contribution in [0, 0.1) is 13.8 Å². The minimum atomic E-state index is -0.494. The molecule has 1 saturated heterocycles. The van der Waals surface area contributed by atoms with E-state index in [1.165, 1.54) is 11.8 Å². The number of aliphatic imine (C=N–C) groups is 1. The molecule has 1 heterocycles. The van der Waals surface area contributed by atoms with Gasteiger partial charge in [0, 0.05) is 12.1 Å². The highest BCUT2D eigenvalue weighted by molar-refractivity contribution is 8.15. The third-order valence-electron chi connectivity index (χ3n) is 4.20. The molecular formula is C22H25N3O3S. The lowest BCUT2D eigenvalue weighted by atomic mass is 10.1. The fourth-order valence-corrected chi connectivity index (χ4v) is 3.95. The van der Waals surface area contributed by atoms with E-state index in [0.29, 0.717) is 17.5 Å². The number of amides is 2. The lowest BCUT2D eigenvalue weighted by Crippen LogP contribution is -2.28. The number of anilines is 1. The van der Waals surface area contributed by atoms with Gasteiger partial charge in [-0.05, 0) is 67.8 Å². The maximum absolute atomic E-state index is 12.3. The van der Waals surface area contributed by atoms with Crippen LogP contribution in [0.15, 0.2) is 47.5 Å². The van der Waals surface area contributed by atoms with Crippen LogP contribution >= 0.6 is 11.8 Å². The molecule has 6 nitrogen and oxygen atoms in total. The quantitative estimate of drug-likeness (QED) is 0.710. The maximum Gasteiger partial charge on any atom is 0.240 e. The molecule has 2 amide bonds. The summed E-state index contributed by atoms with van der Waals surface area (Å²) >= 11 is 1.28. The van der Waals surface area contributed by atoms with Crippen molar-refractivity contribution in [2.45, 2.75) is 38.9 Å². The first-order chi connectivity index (χ1) is 13.9. The van der Waals surface area contributed by atoms with Crippen molar-refractivity contribution in [3.05, 3.63) is 53.6 Å². The van der Waals surface area contributed by atoms with Crippen LogP contribution in [0.4, 0.5) is 11.4 Å². The molecular weight excluding hydrogens is 386 g/mol. The number of nitrogens with one attached hydrogen (secondary N) is 2. The molecule has 2 aromatic rings. The molecule has 152 valence electrons. The predicted molar refractivity (Wildman–Crippen MR) is 118 cm³/mol. The Morgan fingerprint density at radius 2 is 1.86 bits per heavy atom. The Labute approximate surface area is 175 Å². The van der Waals surface area contributed by atoms with Crippen molar-refractivity contribution in [3.63, 3.8) is 0 Å². The van der Waals surface area contributed by atoms with Gasteiger partial charge < -0.3 is 15.4 Å². The van der Waals surface area contributed by atoms with Gasteiger partial charge in [0.05, 0.1) is 12.3 Å². The lowest BCUT2D eigenvalue weighted by Gasteiger charge is -2.09. The van der Waals surface area contributed by atoms with E-state index in [1.54, 1.807) is 12.1 Å². The third kappa shape index (κ3) is 6.09. The van der Waals surface area contributed by atoms with Crippen LogP contribution in [0.2, 0.25) is 0 Å². The fraction of sp³-hybridized carbons (Fsp3) is 0.318. The first-order valence-electron chi connectivity index (χ1n) is 9.60. The molecule has 0 saturated carbocycles. The van der Waals surface area contributed by atoms with Crippen molar-refractivity contribution >= 4 is 40.1 Å². The number of rotatable bonds is 7. The molecule has 3 rings (SSSR count). The average Bonchev–Trinajstić information content (AvgIpc) is 2.99. The van der Waals surface area contributed by atoms with Gasteiger partial charge in [0.25, 0.3) is 0 Å². The molecule has 0 aromatic heterocycles. The molecule has 7 heteroatoms. The Morgan fingerprint density at radius 3 is 2.52 bits per heavy atom. The molecule has 1 fully saturated rings. The molecule has 0 bridgehead atoms. The Hall–Kier alpha value is -2.80. The van der Waals surface area contributed by atoms with E-state index in [4.69, 9.17) is 4.74 Å². The Morgan fingerprint density at radius 1 is 1.17 bits per heavy atom. The Kier molecular flexibility index (Phi) is 6.93. The van der Waals surface area contributed by atoms with Crippen molar-refractivity contribution in [1.82, 2.24) is 5.32 Å². The van der Waals surface area contributed by atoms with Crippen LogP contribution in [0.1, 0.15) is 30.9 Å². The number of nitrogens with zero attached hydrogens (tertiary/aromatic N) is 1. The summed E-state index contributed by atoms with van der Waals surface area (Å²) < 4.78 is 5.53. The number of thioether (sulfide) groups is 1.